The van der Waals surface area contributed by atoms with Crippen molar-refractivity contribution in [1.29, 1.82) is 0 Å². The molecule has 18 heavy (non-hydrogen) atoms. The molecule has 0 radical (unpaired) electrons. The first-order valence-electron chi connectivity index (χ1n) is 6.79. The standard InChI is InChI=1S/C12H12N2.2C2H6/c1-3-7-11(8-4-1)13-14-12-9-5-2-6-10-12;2*1-2/h1,3-5,7-10H,2,6H2;2*1-2H3. The van der Waals surface area contributed by atoms with Crippen molar-refractivity contribution in [2.75, 3.05) is 0 Å². The van der Waals surface area contributed by atoms with Gasteiger partial charge in [-0.25, -0.2) is 0 Å². The normalized spacial score (nSPS) is 13.0. The number of benzene rings is 1. The molecule has 2 rings (SSSR count). The Kier molecular flexibility index (Phi) is 10.7. The Morgan fingerprint density at radius 3 is 2.06 bits per heavy atom. The zero-order valence-corrected chi connectivity index (χ0v) is 11.9. The summed E-state index contributed by atoms with van der Waals surface area (Å²) in [5.74, 6) is 0. The summed E-state index contributed by atoms with van der Waals surface area (Å²) in [5.41, 5.74) is 1.85. The van der Waals surface area contributed by atoms with E-state index >= 15 is 0 Å². The Balaban J connectivity index is 0.000000659. The molecular weight excluding hydrogens is 220 g/mol. The lowest BCUT2D eigenvalue weighted by Gasteiger charge is -1.98. The van der Waals surface area contributed by atoms with Crippen molar-refractivity contribution in [3.8, 4) is 0 Å². The van der Waals surface area contributed by atoms with E-state index in [1.54, 1.807) is 0 Å². The van der Waals surface area contributed by atoms with E-state index in [0.29, 0.717) is 0 Å². The Morgan fingerprint density at radius 2 is 1.50 bits per heavy atom. The number of nitrogens with zero attached hydrogens (tertiary/aromatic N) is 2. The van der Waals surface area contributed by atoms with E-state index in [0.717, 1.165) is 24.2 Å². The summed E-state index contributed by atoms with van der Waals surface area (Å²) < 4.78 is 0. The Morgan fingerprint density at radius 1 is 0.833 bits per heavy atom. The molecule has 0 saturated carbocycles. The highest BCUT2D eigenvalue weighted by Crippen LogP contribution is 2.15. The second-order valence-corrected chi connectivity index (χ2v) is 3.14. The monoisotopic (exact) mass is 244 g/mol. The first kappa shape index (κ1) is 16.3. The number of allylic oxidation sites excluding steroid dienone is 3. The maximum Gasteiger partial charge on any atom is 0.0857 e. The molecule has 0 fully saturated rings. The lowest BCUT2D eigenvalue weighted by molar-refractivity contribution is 0.993. The van der Waals surface area contributed by atoms with Crippen LogP contribution in [0.1, 0.15) is 40.5 Å². The maximum atomic E-state index is 4.15. The zero-order valence-electron chi connectivity index (χ0n) is 11.9. The average molecular weight is 244 g/mol. The minimum absolute atomic E-state index is 0.896. The molecule has 0 bridgehead atoms. The van der Waals surface area contributed by atoms with Crippen LogP contribution in [-0.2, 0) is 0 Å². The van der Waals surface area contributed by atoms with Crippen molar-refractivity contribution in [3.05, 3.63) is 54.3 Å². The number of hydrogen-bond donors (Lipinski definition) is 0. The van der Waals surface area contributed by atoms with Gasteiger partial charge >= 0.3 is 0 Å². The fraction of sp³-hybridized carbons (Fsp3) is 0.375. The van der Waals surface area contributed by atoms with Gasteiger partial charge in [-0.05, 0) is 31.1 Å². The summed E-state index contributed by atoms with van der Waals surface area (Å²) >= 11 is 0. The van der Waals surface area contributed by atoms with E-state index in [4.69, 9.17) is 0 Å². The van der Waals surface area contributed by atoms with Gasteiger partial charge in [-0.1, -0.05) is 58.0 Å². The highest BCUT2D eigenvalue weighted by Gasteiger charge is 1.94. The molecule has 0 heterocycles. The van der Waals surface area contributed by atoms with E-state index in [9.17, 15) is 0 Å². The second kappa shape index (κ2) is 11.8. The van der Waals surface area contributed by atoms with Crippen LogP contribution in [0.3, 0.4) is 0 Å². The lowest BCUT2D eigenvalue weighted by atomic mass is 10.2. The zero-order chi connectivity index (χ0) is 13.6. The van der Waals surface area contributed by atoms with E-state index in [1.807, 2.05) is 64.1 Å². The molecule has 0 unspecified atom stereocenters. The predicted octanol–water partition coefficient (Wildman–Crippen LogP) is 6.06. The van der Waals surface area contributed by atoms with Crippen LogP contribution in [0.25, 0.3) is 0 Å². The summed E-state index contributed by atoms with van der Waals surface area (Å²) in [6.07, 6.45) is 8.42. The summed E-state index contributed by atoms with van der Waals surface area (Å²) in [7, 11) is 0. The molecule has 1 aliphatic carbocycles. The van der Waals surface area contributed by atoms with E-state index in [2.05, 4.69) is 22.4 Å². The van der Waals surface area contributed by atoms with E-state index in [-0.39, 0.29) is 0 Å². The van der Waals surface area contributed by atoms with E-state index in [1.165, 1.54) is 0 Å². The van der Waals surface area contributed by atoms with Gasteiger partial charge in [0.15, 0.2) is 0 Å². The molecule has 1 aromatic carbocycles. The molecule has 0 atom stereocenters. The van der Waals surface area contributed by atoms with Gasteiger partial charge in [-0.15, -0.1) is 0 Å². The van der Waals surface area contributed by atoms with Gasteiger partial charge in [0, 0.05) is 0 Å². The molecule has 0 spiro atoms. The Bertz CT molecular complexity index is 375. The fourth-order valence-electron chi connectivity index (χ4n) is 1.28. The molecule has 2 nitrogen and oxygen atoms in total. The van der Waals surface area contributed by atoms with Crippen LogP contribution in [0.15, 0.2) is 64.5 Å². The molecule has 0 amide bonds. The van der Waals surface area contributed by atoms with Crippen molar-refractivity contribution in [2.45, 2.75) is 40.5 Å². The third kappa shape index (κ3) is 6.79. The molecule has 0 aromatic heterocycles. The van der Waals surface area contributed by atoms with Gasteiger partial charge in [0.1, 0.15) is 0 Å². The molecule has 98 valence electrons. The number of rotatable bonds is 2. The van der Waals surface area contributed by atoms with Crippen LogP contribution in [-0.4, -0.2) is 0 Å². The van der Waals surface area contributed by atoms with Gasteiger partial charge in [0.25, 0.3) is 0 Å². The molecule has 2 heteroatoms. The van der Waals surface area contributed by atoms with Crippen molar-refractivity contribution in [3.63, 3.8) is 0 Å². The minimum atomic E-state index is 0.896. The first-order valence-corrected chi connectivity index (χ1v) is 6.79. The number of azo groups is 1. The van der Waals surface area contributed by atoms with Crippen LogP contribution < -0.4 is 0 Å². The molecule has 1 aromatic rings. The third-order valence-electron chi connectivity index (χ3n) is 2.01. The van der Waals surface area contributed by atoms with Crippen molar-refractivity contribution in [2.24, 2.45) is 10.2 Å². The summed E-state index contributed by atoms with van der Waals surface area (Å²) in [6.45, 7) is 8.00. The smallest absolute Gasteiger partial charge is 0.0857 e. The van der Waals surface area contributed by atoms with Crippen LogP contribution in [0.4, 0.5) is 5.69 Å². The topological polar surface area (TPSA) is 24.7 Å². The van der Waals surface area contributed by atoms with Gasteiger partial charge in [0.05, 0.1) is 11.4 Å². The average Bonchev–Trinajstić information content (AvgIpc) is 2.51. The summed E-state index contributed by atoms with van der Waals surface area (Å²) in [4.78, 5) is 0. The molecular formula is C16H24N2. The van der Waals surface area contributed by atoms with E-state index < -0.39 is 0 Å². The largest absolute Gasteiger partial charge is 0.151 e. The highest BCUT2D eigenvalue weighted by molar-refractivity contribution is 5.35. The quantitative estimate of drug-likeness (QED) is 0.565. The SMILES string of the molecule is C1=CC(N=Nc2ccccc2)=CCC1.CC.CC. The lowest BCUT2D eigenvalue weighted by Crippen LogP contribution is -1.79. The molecule has 0 saturated heterocycles. The highest BCUT2D eigenvalue weighted by atomic mass is 15.1. The van der Waals surface area contributed by atoms with Crippen molar-refractivity contribution >= 4 is 5.69 Å². The molecule has 0 N–H and O–H groups in total. The predicted molar refractivity (Wildman–Crippen MR) is 80.1 cm³/mol. The van der Waals surface area contributed by atoms with Gasteiger partial charge < -0.3 is 0 Å². The second-order valence-electron chi connectivity index (χ2n) is 3.14. The van der Waals surface area contributed by atoms with Gasteiger partial charge in [-0.3, -0.25) is 0 Å². The number of hydrogen-bond acceptors (Lipinski definition) is 2. The third-order valence-corrected chi connectivity index (χ3v) is 2.01. The fourth-order valence-corrected chi connectivity index (χ4v) is 1.28. The Labute approximate surface area is 111 Å². The summed E-state index contributed by atoms with van der Waals surface area (Å²) in [6, 6.07) is 9.77. The van der Waals surface area contributed by atoms with Crippen LogP contribution in [0.5, 0.6) is 0 Å². The van der Waals surface area contributed by atoms with Crippen molar-refractivity contribution in [1.82, 2.24) is 0 Å². The minimum Gasteiger partial charge on any atom is -0.151 e. The molecule has 0 aliphatic heterocycles. The van der Waals surface area contributed by atoms with Gasteiger partial charge in [0.2, 0.25) is 0 Å². The van der Waals surface area contributed by atoms with Crippen molar-refractivity contribution < 1.29 is 0 Å². The molecule has 1 aliphatic rings. The first-order chi connectivity index (χ1) is 8.95. The maximum absolute atomic E-state index is 4.15. The van der Waals surface area contributed by atoms with Crippen LogP contribution >= 0.6 is 0 Å². The summed E-state index contributed by atoms with van der Waals surface area (Å²) in [5, 5.41) is 8.29. The Hall–Kier alpha value is -1.70. The van der Waals surface area contributed by atoms with Crippen LogP contribution in [0, 0.1) is 0 Å². The van der Waals surface area contributed by atoms with Gasteiger partial charge in [-0.2, -0.15) is 10.2 Å². The van der Waals surface area contributed by atoms with Crippen LogP contribution in [0.2, 0.25) is 0 Å².